The molecule has 0 atom stereocenters. The van der Waals surface area contributed by atoms with Crippen LogP contribution in [0.4, 0.5) is 13.2 Å². The van der Waals surface area contributed by atoms with Crippen molar-refractivity contribution < 1.29 is 13.2 Å². The second kappa shape index (κ2) is 3.38. The van der Waals surface area contributed by atoms with E-state index in [0.717, 1.165) is 0 Å². The van der Waals surface area contributed by atoms with Crippen LogP contribution in [0.15, 0.2) is 11.1 Å². The first kappa shape index (κ1) is 9.44. The Bertz CT molecular complexity index is 256. The number of nitrogens with one attached hydrogen (secondary N) is 1. The van der Waals surface area contributed by atoms with Gasteiger partial charge in [0.05, 0.1) is 11.1 Å². The molecule has 0 amide bonds. The van der Waals surface area contributed by atoms with Crippen molar-refractivity contribution in [3.8, 4) is 0 Å². The summed E-state index contributed by atoms with van der Waals surface area (Å²) < 4.78 is 35.6. The fraction of sp³-hybridized carbons (Fsp3) is 0.500. The van der Waals surface area contributed by atoms with Crippen molar-refractivity contribution >= 4 is 11.8 Å². The van der Waals surface area contributed by atoms with Gasteiger partial charge in [-0.3, -0.25) is 5.10 Å². The van der Waals surface area contributed by atoms with E-state index in [1.54, 1.807) is 6.92 Å². The van der Waals surface area contributed by atoms with Gasteiger partial charge in [-0.25, -0.2) is 0 Å². The molecule has 2 nitrogen and oxygen atoms in total. The van der Waals surface area contributed by atoms with Gasteiger partial charge < -0.3 is 0 Å². The minimum absolute atomic E-state index is 0.135. The maximum atomic E-state index is 11.9. The maximum Gasteiger partial charge on any atom is 0.446 e. The standard InChI is InChI=1S/C6H7F3N2S/c1-2-4-5(3-10-11-4)12-6(7,8)9/h3H,2H2,1H3,(H,10,11). The first-order valence-corrected chi connectivity index (χ1v) is 4.12. The number of aryl methyl sites for hydroxylation is 1. The van der Waals surface area contributed by atoms with E-state index in [0.29, 0.717) is 12.1 Å². The molecular weight excluding hydrogens is 189 g/mol. The Balaban J connectivity index is 2.75. The third-order valence-electron chi connectivity index (χ3n) is 1.26. The van der Waals surface area contributed by atoms with Crippen molar-refractivity contribution in [2.75, 3.05) is 0 Å². The number of thioether (sulfide) groups is 1. The zero-order chi connectivity index (χ0) is 9.19. The van der Waals surface area contributed by atoms with Crippen LogP contribution in [-0.2, 0) is 6.42 Å². The highest BCUT2D eigenvalue weighted by Gasteiger charge is 2.30. The minimum Gasteiger partial charge on any atom is -0.281 e. The van der Waals surface area contributed by atoms with Gasteiger partial charge in [-0.15, -0.1) is 0 Å². The van der Waals surface area contributed by atoms with Crippen LogP contribution in [0.3, 0.4) is 0 Å². The lowest BCUT2D eigenvalue weighted by atomic mass is 10.3. The Labute approximate surface area is 71.5 Å². The molecule has 1 rings (SSSR count). The number of halogens is 3. The molecule has 0 unspecified atom stereocenters. The zero-order valence-electron chi connectivity index (χ0n) is 6.27. The highest BCUT2D eigenvalue weighted by Crippen LogP contribution is 2.37. The van der Waals surface area contributed by atoms with Gasteiger partial charge in [0.25, 0.3) is 0 Å². The second-order valence-corrected chi connectivity index (χ2v) is 3.22. The van der Waals surface area contributed by atoms with E-state index in [1.165, 1.54) is 6.20 Å². The van der Waals surface area contributed by atoms with Crippen molar-refractivity contribution in [3.05, 3.63) is 11.9 Å². The van der Waals surface area contributed by atoms with Crippen molar-refractivity contribution in [1.82, 2.24) is 10.2 Å². The highest BCUT2D eigenvalue weighted by molar-refractivity contribution is 8.00. The first-order chi connectivity index (χ1) is 5.53. The lowest BCUT2D eigenvalue weighted by molar-refractivity contribution is -0.0328. The quantitative estimate of drug-likeness (QED) is 0.736. The fourth-order valence-corrected chi connectivity index (χ4v) is 1.44. The van der Waals surface area contributed by atoms with E-state index >= 15 is 0 Å². The molecule has 6 heteroatoms. The molecule has 1 aromatic rings. The predicted molar refractivity (Wildman–Crippen MR) is 39.9 cm³/mol. The van der Waals surface area contributed by atoms with Crippen molar-refractivity contribution in [1.29, 1.82) is 0 Å². The van der Waals surface area contributed by atoms with Gasteiger partial charge in [0, 0.05) is 5.69 Å². The van der Waals surface area contributed by atoms with Gasteiger partial charge in [-0.05, 0) is 18.2 Å². The maximum absolute atomic E-state index is 11.9. The molecule has 0 fully saturated rings. The molecule has 0 aliphatic heterocycles. The Kier molecular flexibility index (Phi) is 2.66. The topological polar surface area (TPSA) is 28.7 Å². The molecule has 1 N–H and O–H groups in total. The molecule has 0 aliphatic rings. The lowest BCUT2D eigenvalue weighted by Gasteiger charge is -2.03. The van der Waals surface area contributed by atoms with Gasteiger partial charge in [0.2, 0.25) is 0 Å². The van der Waals surface area contributed by atoms with Crippen molar-refractivity contribution in [2.24, 2.45) is 0 Å². The average Bonchev–Trinajstić information content (AvgIpc) is 2.31. The summed E-state index contributed by atoms with van der Waals surface area (Å²) in [5.74, 6) is 0. The van der Waals surface area contributed by atoms with Crippen LogP contribution >= 0.6 is 11.8 Å². The molecule has 0 saturated heterocycles. The number of alkyl halides is 3. The fourth-order valence-electron chi connectivity index (χ4n) is 0.768. The van der Waals surface area contributed by atoms with Gasteiger partial charge in [0.1, 0.15) is 0 Å². The van der Waals surface area contributed by atoms with E-state index < -0.39 is 5.51 Å². The smallest absolute Gasteiger partial charge is 0.281 e. The third kappa shape index (κ3) is 2.44. The number of H-pyrrole nitrogens is 1. The number of aromatic nitrogens is 2. The summed E-state index contributed by atoms with van der Waals surface area (Å²) in [7, 11) is 0. The van der Waals surface area contributed by atoms with E-state index in [-0.39, 0.29) is 16.7 Å². The SMILES string of the molecule is CCc1[nH]ncc1SC(F)(F)F. The summed E-state index contributed by atoms with van der Waals surface area (Å²) in [5, 5.41) is 6.04. The van der Waals surface area contributed by atoms with Gasteiger partial charge in [-0.1, -0.05) is 6.92 Å². The number of rotatable bonds is 2. The van der Waals surface area contributed by atoms with E-state index in [4.69, 9.17) is 0 Å². The summed E-state index contributed by atoms with van der Waals surface area (Å²) >= 11 is -0.135. The molecule has 1 heterocycles. The summed E-state index contributed by atoms with van der Waals surface area (Å²) in [5.41, 5.74) is -3.70. The largest absolute Gasteiger partial charge is 0.446 e. The van der Waals surface area contributed by atoms with Crippen LogP contribution in [0, 0.1) is 0 Å². The number of hydrogen-bond acceptors (Lipinski definition) is 2. The first-order valence-electron chi connectivity index (χ1n) is 3.31. The minimum atomic E-state index is -4.23. The van der Waals surface area contributed by atoms with E-state index in [2.05, 4.69) is 10.2 Å². The van der Waals surface area contributed by atoms with Gasteiger partial charge in [0.15, 0.2) is 0 Å². The third-order valence-corrected chi connectivity index (χ3v) is 2.06. The molecule has 68 valence electrons. The molecule has 0 radical (unpaired) electrons. The second-order valence-electron chi connectivity index (χ2n) is 2.11. The molecule has 0 bridgehead atoms. The highest BCUT2D eigenvalue weighted by atomic mass is 32.2. The molecule has 0 aromatic carbocycles. The number of nitrogens with zero attached hydrogens (tertiary/aromatic N) is 1. The Morgan fingerprint density at radius 2 is 2.25 bits per heavy atom. The van der Waals surface area contributed by atoms with Crippen LogP contribution in [0.5, 0.6) is 0 Å². The molecule has 0 saturated carbocycles. The predicted octanol–water partition coefficient (Wildman–Crippen LogP) is 2.58. The van der Waals surface area contributed by atoms with Crippen LogP contribution in [-0.4, -0.2) is 15.7 Å². The zero-order valence-corrected chi connectivity index (χ0v) is 7.09. The van der Waals surface area contributed by atoms with Crippen molar-refractivity contribution in [2.45, 2.75) is 23.7 Å². The lowest BCUT2D eigenvalue weighted by Crippen LogP contribution is -1.99. The molecule has 12 heavy (non-hydrogen) atoms. The van der Waals surface area contributed by atoms with Crippen LogP contribution in [0.25, 0.3) is 0 Å². The molecular formula is C6H7F3N2S. The monoisotopic (exact) mass is 196 g/mol. The Hall–Kier alpha value is -0.650. The summed E-state index contributed by atoms with van der Waals surface area (Å²) in [6.07, 6.45) is 1.72. The van der Waals surface area contributed by atoms with Gasteiger partial charge in [-0.2, -0.15) is 18.3 Å². The summed E-state index contributed by atoms with van der Waals surface area (Å²) in [4.78, 5) is 0.157. The van der Waals surface area contributed by atoms with Crippen LogP contribution in [0.2, 0.25) is 0 Å². The van der Waals surface area contributed by atoms with E-state index in [1.807, 2.05) is 0 Å². The van der Waals surface area contributed by atoms with Crippen LogP contribution in [0.1, 0.15) is 12.6 Å². The van der Waals surface area contributed by atoms with E-state index in [9.17, 15) is 13.2 Å². The van der Waals surface area contributed by atoms with Gasteiger partial charge >= 0.3 is 5.51 Å². The number of aromatic amines is 1. The number of hydrogen-bond donors (Lipinski definition) is 1. The molecule has 0 aliphatic carbocycles. The average molecular weight is 196 g/mol. The summed E-state index contributed by atoms with van der Waals surface area (Å²) in [6, 6.07) is 0. The van der Waals surface area contributed by atoms with Crippen LogP contribution < -0.4 is 0 Å². The summed E-state index contributed by atoms with van der Waals surface area (Å²) in [6.45, 7) is 1.77. The Morgan fingerprint density at radius 1 is 1.58 bits per heavy atom. The van der Waals surface area contributed by atoms with Crippen molar-refractivity contribution in [3.63, 3.8) is 0 Å². The molecule has 1 aromatic heterocycles. The molecule has 0 spiro atoms. The normalized spacial score (nSPS) is 12.0. The Morgan fingerprint density at radius 3 is 2.75 bits per heavy atom.